The van der Waals surface area contributed by atoms with Gasteiger partial charge in [0, 0.05) is 11.6 Å². The lowest BCUT2D eigenvalue weighted by molar-refractivity contribution is 0.372. The average molecular weight is 372 g/mol. The molecule has 5 heteroatoms. The van der Waals surface area contributed by atoms with Gasteiger partial charge in [-0.3, -0.25) is 0 Å². The van der Waals surface area contributed by atoms with Gasteiger partial charge in [-0.15, -0.1) is 0 Å². The third kappa shape index (κ3) is 4.08. The molecule has 0 spiro atoms. The molecule has 3 rings (SSSR count). The van der Waals surface area contributed by atoms with Crippen LogP contribution in [0.1, 0.15) is 11.1 Å². The predicted octanol–water partition coefficient (Wildman–Crippen LogP) is 5.57. The van der Waals surface area contributed by atoms with Crippen molar-refractivity contribution in [3.8, 4) is 22.6 Å². The Morgan fingerprint density at radius 2 is 1.48 bits per heavy atom. The van der Waals surface area contributed by atoms with Crippen molar-refractivity contribution in [2.45, 2.75) is 12.8 Å². The van der Waals surface area contributed by atoms with Gasteiger partial charge in [0.1, 0.15) is 11.6 Å². The van der Waals surface area contributed by atoms with E-state index in [0.717, 1.165) is 5.56 Å². The Morgan fingerprint density at radius 1 is 0.741 bits per heavy atom. The van der Waals surface area contributed by atoms with Gasteiger partial charge in [0.05, 0.1) is 14.2 Å². The minimum atomic E-state index is -1.01. The summed E-state index contributed by atoms with van der Waals surface area (Å²) < 4.78 is 51.9. The summed E-state index contributed by atoms with van der Waals surface area (Å²) in [6.07, 6.45) is 1.16. The van der Waals surface area contributed by atoms with Gasteiger partial charge in [0.15, 0.2) is 11.6 Å². The zero-order valence-electron chi connectivity index (χ0n) is 15.1. The van der Waals surface area contributed by atoms with E-state index in [1.807, 2.05) is 12.1 Å². The van der Waals surface area contributed by atoms with E-state index in [1.165, 1.54) is 32.4 Å². The number of halogens is 3. The van der Waals surface area contributed by atoms with Gasteiger partial charge in [-0.2, -0.15) is 4.39 Å². The van der Waals surface area contributed by atoms with Crippen LogP contribution in [0.25, 0.3) is 11.1 Å². The zero-order chi connectivity index (χ0) is 19.4. The Morgan fingerprint density at radius 3 is 2.11 bits per heavy atom. The Bertz CT molecular complexity index is 937. The quantitative estimate of drug-likeness (QED) is 0.563. The highest BCUT2D eigenvalue weighted by atomic mass is 19.2. The second-order valence-electron chi connectivity index (χ2n) is 6.10. The molecule has 0 N–H and O–H groups in total. The van der Waals surface area contributed by atoms with Gasteiger partial charge in [0.25, 0.3) is 0 Å². The van der Waals surface area contributed by atoms with Crippen LogP contribution < -0.4 is 9.47 Å². The van der Waals surface area contributed by atoms with Crippen molar-refractivity contribution in [2.24, 2.45) is 0 Å². The lowest BCUT2D eigenvalue weighted by atomic mass is 9.99. The summed E-state index contributed by atoms with van der Waals surface area (Å²) in [6.45, 7) is 0. The summed E-state index contributed by atoms with van der Waals surface area (Å²) in [5.74, 6) is -1.90. The molecule has 0 aliphatic carbocycles. The Labute approximate surface area is 156 Å². The highest BCUT2D eigenvalue weighted by Crippen LogP contribution is 2.30. The average Bonchev–Trinajstić information content (AvgIpc) is 2.69. The minimum absolute atomic E-state index is 0.130. The van der Waals surface area contributed by atoms with Crippen LogP contribution in [0.15, 0.2) is 54.6 Å². The summed E-state index contributed by atoms with van der Waals surface area (Å²) in [5.41, 5.74) is 2.31. The Hall–Kier alpha value is -2.95. The number of benzene rings is 3. The van der Waals surface area contributed by atoms with Crippen LogP contribution >= 0.6 is 0 Å². The fourth-order valence-electron chi connectivity index (χ4n) is 2.90. The number of rotatable bonds is 6. The first kappa shape index (κ1) is 18.8. The molecule has 140 valence electrons. The van der Waals surface area contributed by atoms with Crippen LogP contribution in [0.3, 0.4) is 0 Å². The van der Waals surface area contributed by atoms with Crippen LogP contribution in [-0.4, -0.2) is 14.2 Å². The summed E-state index contributed by atoms with van der Waals surface area (Å²) in [6, 6.07) is 14.8. The second-order valence-corrected chi connectivity index (χ2v) is 6.10. The van der Waals surface area contributed by atoms with E-state index in [1.54, 1.807) is 24.3 Å². The molecule has 0 fully saturated rings. The summed E-state index contributed by atoms with van der Waals surface area (Å²) in [4.78, 5) is 0. The third-order valence-electron chi connectivity index (χ3n) is 4.47. The Kier molecular flexibility index (Phi) is 5.69. The molecule has 0 bridgehead atoms. The van der Waals surface area contributed by atoms with Crippen LogP contribution in [0.4, 0.5) is 13.2 Å². The minimum Gasteiger partial charge on any atom is -0.497 e. The molecule has 2 nitrogen and oxygen atoms in total. The highest BCUT2D eigenvalue weighted by Gasteiger charge is 2.15. The van der Waals surface area contributed by atoms with Crippen molar-refractivity contribution in [3.63, 3.8) is 0 Å². The van der Waals surface area contributed by atoms with Gasteiger partial charge < -0.3 is 9.47 Å². The molecule has 0 heterocycles. The molecule has 0 aliphatic rings. The third-order valence-corrected chi connectivity index (χ3v) is 4.47. The zero-order valence-corrected chi connectivity index (χ0v) is 15.1. The smallest absolute Gasteiger partial charge is 0.201 e. The van der Waals surface area contributed by atoms with Crippen molar-refractivity contribution in [1.82, 2.24) is 0 Å². The molecule has 0 atom stereocenters. The number of methoxy groups -OCH3 is 2. The van der Waals surface area contributed by atoms with Gasteiger partial charge in [-0.1, -0.05) is 30.3 Å². The normalized spacial score (nSPS) is 10.7. The maximum atomic E-state index is 14.2. The molecule has 3 aromatic rings. The van der Waals surface area contributed by atoms with Crippen molar-refractivity contribution < 1.29 is 22.6 Å². The van der Waals surface area contributed by atoms with E-state index >= 15 is 0 Å². The monoisotopic (exact) mass is 372 g/mol. The van der Waals surface area contributed by atoms with E-state index < -0.39 is 11.6 Å². The molecule has 0 radical (unpaired) electrons. The second kappa shape index (κ2) is 8.16. The molecule has 0 amide bonds. The van der Waals surface area contributed by atoms with Gasteiger partial charge in [-0.05, 0) is 47.7 Å². The highest BCUT2D eigenvalue weighted by molar-refractivity contribution is 5.65. The number of hydrogen-bond donors (Lipinski definition) is 0. The fraction of sp³-hybridized carbons (Fsp3) is 0.182. The first-order chi connectivity index (χ1) is 13.0. The van der Waals surface area contributed by atoms with Crippen molar-refractivity contribution >= 4 is 0 Å². The predicted molar refractivity (Wildman–Crippen MR) is 98.7 cm³/mol. The molecule has 0 aromatic heterocycles. The molecule has 3 aromatic carbocycles. The molecular formula is C22H19F3O2. The lowest BCUT2D eigenvalue weighted by Crippen LogP contribution is -1.97. The van der Waals surface area contributed by atoms with E-state index in [2.05, 4.69) is 0 Å². The number of hydrogen-bond acceptors (Lipinski definition) is 2. The van der Waals surface area contributed by atoms with E-state index in [4.69, 9.17) is 9.47 Å². The van der Waals surface area contributed by atoms with Gasteiger partial charge in [-0.25, -0.2) is 8.78 Å². The first-order valence-corrected chi connectivity index (χ1v) is 8.47. The standard InChI is InChI=1S/C22H19F3O2/c1-26-17-10-9-16(19(23)13-17)8-5-14-3-6-15(7-4-14)18-11-12-20(27-2)22(25)21(18)24/h3-4,6-7,9-13H,5,8H2,1-2H3. The Balaban J connectivity index is 1.74. The number of ether oxygens (including phenoxy) is 2. The SMILES string of the molecule is COc1ccc(CCc2ccc(-c3ccc(OC)c(F)c3F)cc2)c(F)c1. The summed E-state index contributed by atoms with van der Waals surface area (Å²) in [5, 5.41) is 0. The maximum Gasteiger partial charge on any atom is 0.201 e. The molecule has 0 saturated heterocycles. The lowest BCUT2D eigenvalue weighted by Gasteiger charge is -2.09. The van der Waals surface area contributed by atoms with Gasteiger partial charge >= 0.3 is 0 Å². The van der Waals surface area contributed by atoms with Crippen molar-refractivity contribution in [1.29, 1.82) is 0 Å². The summed E-state index contributed by atoms with van der Waals surface area (Å²) in [7, 11) is 2.78. The maximum absolute atomic E-state index is 14.2. The van der Waals surface area contributed by atoms with Gasteiger partial charge in [0.2, 0.25) is 5.82 Å². The molecule has 0 unspecified atom stereocenters. The van der Waals surface area contributed by atoms with Crippen molar-refractivity contribution in [3.05, 3.63) is 83.2 Å². The molecular weight excluding hydrogens is 353 g/mol. The summed E-state index contributed by atoms with van der Waals surface area (Å²) >= 11 is 0. The van der Waals surface area contributed by atoms with Crippen LogP contribution in [0, 0.1) is 17.5 Å². The number of aryl methyl sites for hydroxylation is 2. The van der Waals surface area contributed by atoms with E-state index in [0.29, 0.717) is 29.7 Å². The van der Waals surface area contributed by atoms with E-state index in [-0.39, 0.29) is 17.1 Å². The van der Waals surface area contributed by atoms with Crippen LogP contribution in [-0.2, 0) is 12.8 Å². The van der Waals surface area contributed by atoms with E-state index in [9.17, 15) is 13.2 Å². The largest absolute Gasteiger partial charge is 0.497 e. The first-order valence-electron chi connectivity index (χ1n) is 8.47. The topological polar surface area (TPSA) is 18.5 Å². The molecule has 27 heavy (non-hydrogen) atoms. The molecule has 0 aliphatic heterocycles. The van der Waals surface area contributed by atoms with Crippen LogP contribution in [0.2, 0.25) is 0 Å². The van der Waals surface area contributed by atoms with Crippen LogP contribution in [0.5, 0.6) is 11.5 Å². The molecule has 0 saturated carbocycles. The van der Waals surface area contributed by atoms with Crippen molar-refractivity contribution in [2.75, 3.05) is 14.2 Å². The fourth-order valence-corrected chi connectivity index (χ4v) is 2.90.